The summed E-state index contributed by atoms with van der Waals surface area (Å²) >= 11 is 1.57. The predicted octanol–water partition coefficient (Wildman–Crippen LogP) is 3.12. The molecule has 0 bridgehead atoms. The summed E-state index contributed by atoms with van der Waals surface area (Å²) in [5.74, 6) is 1.52. The molecule has 5 heteroatoms. The lowest BCUT2D eigenvalue weighted by Gasteiger charge is -2.03. The summed E-state index contributed by atoms with van der Waals surface area (Å²) in [6, 6.07) is 1.94. The van der Waals surface area contributed by atoms with E-state index in [2.05, 4.69) is 19.0 Å². The Bertz CT molecular complexity index is 488. The van der Waals surface area contributed by atoms with Crippen molar-refractivity contribution in [1.82, 2.24) is 5.16 Å². The van der Waals surface area contributed by atoms with E-state index in [-0.39, 0.29) is 5.92 Å². The van der Waals surface area contributed by atoms with Crippen molar-refractivity contribution in [2.75, 3.05) is 12.8 Å². The quantitative estimate of drug-likeness (QED) is 0.892. The van der Waals surface area contributed by atoms with Crippen LogP contribution in [0.25, 0.3) is 10.6 Å². The van der Waals surface area contributed by atoms with Crippen LogP contribution in [0.3, 0.4) is 0 Å². The van der Waals surface area contributed by atoms with Crippen LogP contribution in [0.5, 0.6) is 5.75 Å². The monoisotopic (exact) mass is 238 g/mol. The molecule has 0 amide bonds. The number of nitrogens with two attached hydrogens (primary N) is 1. The molecule has 0 aromatic carbocycles. The van der Waals surface area contributed by atoms with E-state index in [1.807, 2.05) is 11.4 Å². The zero-order chi connectivity index (χ0) is 11.7. The molecule has 2 N–H and O–H groups in total. The van der Waals surface area contributed by atoms with Gasteiger partial charge in [-0.3, -0.25) is 0 Å². The van der Waals surface area contributed by atoms with E-state index in [0.717, 1.165) is 21.9 Å². The van der Waals surface area contributed by atoms with Crippen LogP contribution in [0, 0.1) is 0 Å². The standard InChI is InChI=1S/C11H14N2O2S/c1-6(2)9-10(13-15-11(9)12)8-4-7(14-3)5-16-8/h4-6H,12H2,1-3H3. The molecule has 0 saturated carbocycles. The molecule has 0 unspecified atom stereocenters. The highest BCUT2D eigenvalue weighted by molar-refractivity contribution is 7.13. The van der Waals surface area contributed by atoms with Crippen molar-refractivity contribution in [3.05, 3.63) is 17.0 Å². The van der Waals surface area contributed by atoms with Crippen molar-refractivity contribution in [2.45, 2.75) is 19.8 Å². The van der Waals surface area contributed by atoms with Crippen LogP contribution >= 0.6 is 11.3 Å². The number of hydrogen-bond donors (Lipinski definition) is 1. The number of methoxy groups -OCH3 is 1. The number of aromatic nitrogens is 1. The Hall–Kier alpha value is -1.49. The van der Waals surface area contributed by atoms with Gasteiger partial charge in [0.05, 0.1) is 12.0 Å². The highest BCUT2D eigenvalue weighted by Gasteiger charge is 2.19. The maximum atomic E-state index is 5.76. The van der Waals surface area contributed by atoms with Gasteiger partial charge in [0.2, 0.25) is 5.88 Å². The molecule has 16 heavy (non-hydrogen) atoms. The smallest absolute Gasteiger partial charge is 0.226 e. The molecule has 0 aliphatic carbocycles. The molecule has 4 nitrogen and oxygen atoms in total. The van der Waals surface area contributed by atoms with Gasteiger partial charge in [-0.25, -0.2) is 0 Å². The molecule has 0 spiro atoms. The van der Waals surface area contributed by atoms with Gasteiger partial charge >= 0.3 is 0 Å². The highest BCUT2D eigenvalue weighted by Crippen LogP contribution is 2.37. The summed E-state index contributed by atoms with van der Waals surface area (Å²) in [6.07, 6.45) is 0. The van der Waals surface area contributed by atoms with E-state index >= 15 is 0 Å². The maximum Gasteiger partial charge on any atom is 0.226 e. The minimum absolute atomic E-state index is 0.286. The van der Waals surface area contributed by atoms with Crippen molar-refractivity contribution in [3.8, 4) is 16.3 Å². The molecule has 2 aromatic rings. The van der Waals surface area contributed by atoms with Gasteiger partial charge in [0.1, 0.15) is 11.4 Å². The fourth-order valence-electron chi connectivity index (χ4n) is 1.60. The topological polar surface area (TPSA) is 61.3 Å². The summed E-state index contributed by atoms with van der Waals surface area (Å²) in [5.41, 5.74) is 7.55. The van der Waals surface area contributed by atoms with E-state index in [1.54, 1.807) is 18.4 Å². The summed E-state index contributed by atoms with van der Waals surface area (Å²) in [7, 11) is 1.65. The molecule has 0 fully saturated rings. The van der Waals surface area contributed by atoms with Gasteiger partial charge in [0.25, 0.3) is 0 Å². The SMILES string of the molecule is COc1csc(-c2noc(N)c2C(C)C)c1. The summed E-state index contributed by atoms with van der Waals surface area (Å²) in [5, 5.41) is 5.94. The number of rotatable bonds is 3. The Balaban J connectivity index is 2.47. The summed E-state index contributed by atoms with van der Waals surface area (Å²) in [6.45, 7) is 4.13. The lowest BCUT2D eigenvalue weighted by molar-refractivity contribution is 0.416. The van der Waals surface area contributed by atoms with E-state index in [0.29, 0.717) is 5.88 Å². The number of nitrogen functional groups attached to an aromatic ring is 1. The van der Waals surface area contributed by atoms with Gasteiger partial charge in [-0.15, -0.1) is 11.3 Å². The first kappa shape index (κ1) is 11.0. The second kappa shape index (κ2) is 4.17. The fourth-order valence-corrected chi connectivity index (χ4v) is 2.45. The molecule has 0 saturated heterocycles. The van der Waals surface area contributed by atoms with Crippen molar-refractivity contribution in [2.24, 2.45) is 0 Å². The average molecular weight is 238 g/mol. The van der Waals surface area contributed by atoms with Crippen LogP contribution < -0.4 is 10.5 Å². The molecule has 86 valence electrons. The van der Waals surface area contributed by atoms with Crippen molar-refractivity contribution in [3.63, 3.8) is 0 Å². The van der Waals surface area contributed by atoms with E-state index in [4.69, 9.17) is 15.0 Å². The van der Waals surface area contributed by atoms with Gasteiger partial charge in [-0.05, 0) is 5.92 Å². The Morgan fingerprint density at radius 2 is 2.25 bits per heavy atom. The van der Waals surface area contributed by atoms with Crippen molar-refractivity contribution >= 4 is 17.2 Å². The summed E-state index contributed by atoms with van der Waals surface area (Å²) < 4.78 is 10.2. The third-order valence-corrected chi connectivity index (χ3v) is 3.29. The molecular formula is C11H14N2O2S. The number of ether oxygens (including phenoxy) is 1. The zero-order valence-corrected chi connectivity index (χ0v) is 10.3. The van der Waals surface area contributed by atoms with Gasteiger partial charge < -0.3 is 15.0 Å². The van der Waals surface area contributed by atoms with Crippen molar-refractivity contribution in [1.29, 1.82) is 0 Å². The molecule has 0 aliphatic heterocycles. The first-order valence-corrected chi connectivity index (χ1v) is 5.89. The van der Waals surface area contributed by atoms with Gasteiger partial charge in [0.15, 0.2) is 0 Å². The first-order valence-electron chi connectivity index (χ1n) is 5.01. The Kier molecular flexibility index (Phi) is 2.87. The van der Waals surface area contributed by atoms with Crippen LogP contribution in [0.15, 0.2) is 16.0 Å². The fraction of sp³-hybridized carbons (Fsp3) is 0.364. The minimum atomic E-state index is 0.286. The van der Waals surface area contributed by atoms with E-state index in [9.17, 15) is 0 Å². The lowest BCUT2D eigenvalue weighted by atomic mass is 10.0. The normalized spacial score (nSPS) is 11.0. The van der Waals surface area contributed by atoms with Crippen LogP contribution in [0.1, 0.15) is 25.3 Å². The highest BCUT2D eigenvalue weighted by atomic mass is 32.1. The lowest BCUT2D eigenvalue weighted by Crippen LogP contribution is -1.93. The number of hydrogen-bond acceptors (Lipinski definition) is 5. The third-order valence-electron chi connectivity index (χ3n) is 2.38. The van der Waals surface area contributed by atoms with Crippen LogP contribution in [-0.2, 0) is 0 Å². The Morgan fingerprint density at radius 3 is 2.81 bits per heavy atom. The Morgan fingerprint density at radius 1 is 1.50 bits per heavy atom. The molecule has 0 atom stereocenters. The van der Waals surface area contributed by atoms with E-state index < -0.39 is 0 Å². The molecular weight excluding hydrogens is 224 g/mol. The number of thiophene rings is 1. The third kappa shape index (κ3) is 1.78. The second-order valence-electron chi connectivity index (χ2n) is 3.81. The van der Waals surface area contributed by atoms with Gasteiger partial charge in [-0.1, -0.05) is 19.0 Å². The van der Waals surface area contributed by atoms with E-state index in [1.165, 1.54) is 0 Å². The van der Waals surface area contributed by atoms with Crippen LogP contribution in [0.2, 0.25) is 0 Å². The predicted molar refractivity (Wildman–Crippen MR) is 64.9 cm³/mol. The Labute approximate surface area is 98.0 Å². The molecule has 2 rings (SSSR count). The molecule has 0 radical (unpaired) electrons. The largest absolute Gasteiger partial charge is 0.496 e. The second-order valence-corrected chi connectivity index (χ2v) is 4.73. The first-order chi connectivity index (χ1) is 7.63. The minimum Gasteiger partial charge on any atom is -0.496 e. The van der Waals surface area contributed by atoms with Gasteiger partial charge in [0, 0.05) is 17.0 Å². The van der Waals surface area contributed by atoms with Gasteiger partial charge in [-0.2, -0.15) is 0 Å². The molecule has 2 aromatic heterocycles. The molecule has 0 aliphatic rings. The van der Waals surface area contributed by atoms with Crippen molar-refractivity contribution < 1.29 is 9.26 Å². The maximum absolute atomic E-state index is 5.76. The van der Waals surface area contributed by atoms with Crippen LogP contribution in [0.4, 0.5) is 5.88 Å². The summed E-state index contributed by atoms with van der Waals surface area (Å²) in [4.78, 5) is 1.01. The molecule has 2 heterocycles. The number of nitrogens with zero attached hydrogens (tertiary/aromatic N) is 1. The average Bonchev–Trinajstić information content (AvgIpc) is 2.82. The zero-order valence-electron chi connectivity index (χ0n) is 9.48. The number of anilines is 1. The van der Waals surface area contributed by atoms with Crippen LogP contribution in [-0.4, -0.2) is 12.3 Å².